The van der Waals surface area contributed by atoms with Gasteiger partial charge in [-0.2, -0.15) is 4.31 Å². The van der Waals surface area contributed by atoms with Crippen LogP contribution in [0.2, 0.25) is 4.34 Å². The Morgan fingerprint density at radius 2 is 2.05 bits per heavy atom. The fourth-order valence-corrected chi connectivity index (χ4v) is 5.54. The first-order chi connectivity index (χ1) is 10.4. The third-order valence-electron chi connectivity index (χ3n) is 3.69. The van der Waals surface area contributed by atoms with E-state index in [4.69, 9.17) is 11.6 Å². The van der Waals surface area contributed by atoms with Crippen molar-refractivity contribution in [2.24, 2.45) is 0 Å². The summed E-state index contributed by atoms with van der Waals surface area (Å²) in [5.74, 6) is 0.125. The number of carbonyl (C=O) groups excluding carboxylic acids is 1. The minimum absolute atomic E-state index is 0.125. The number of hydrogen-bond donors (Lipinski definition) is 0. The summed E-state index contributed by atoms with van der Waals surface area (Å²) in [5.41, 5.74) is 0. The Hall–Kier alpha value is -0.630. The zero-order valence-electron chi connectivity index (χ0n) is 12.6. The van der Waals surface area contributed by atoms with Gasteiger partial charge in [0.1, 0.15) is 4.21 Å². The molecule has 1 aliphatic heterocycles. The first kappa shape index (κ1) is 17.7. The summed E-state index contributed by atoms with van der Waals surface area (Å²) in [6, 6.07) is 3.13. The van der Waals surface area contributed by atoms with E-state index in [0.717, 1.165) is 24.2 Å². The quantitative estimate of drug-likeness (QED) is 0.807. The summed E-state index contributed by atoms with van der Waals surface area (Å²) in [5, 5.41) is 0. The molecule has 5 nitrogen and oxygen atoms in total. The molecule has 1 amide bonds. The number of halogens is 1. The summed E-state index contributed by atoms with van der Waals surface area (Å²) in [6.45, 7) is 3.92. The molecular weight excluding hydrogens is 344 g/mol. The largest absolute Gasteiger partial charge is 0.341 e. The molecule has 0 N–H and O–H groups in total. The van der Waals surface area contributed by atoms with Gasteiger partial charge in [-0.1, -0.05) is 24.9 Å². The van der Waals surface area contributed by atoms with Crippen LogP contribution in [0.3, 0.4) is 0 Å². The van der Waals surface area contributed by atoms with Crippen LogP contribution in [-0.2, 0) is 14.8 Å². The normalized spacial score (nSPS) is 17.5. The Morgan fingerprint density at radius 1 is 1.27 bits per heavy atom. The maximum atomic E-state index is 12.6. The van der Waals surface area contributed by atoms with E-state index in [1.165, 1.54) is 10.4 Å². The number of nitrogens with zero attached hydrogens (tertiary/aromatic N) is 2. The van der Waals surface area contributed by atoms with Gasteiger partial charge in [0.25, 0.3) is 10.0 Å². The van der Waals surface area contributed by atoms with Gasteiger partial charge in [0.15, 0.2) is 0 Å². The lowest BCUT2D eigenvalue weighted by Crippen LogP contribution is -2.37. The van der Waals surface area contributed by atoms with E-state index < -0.39 is 10.0 Å². The molecular formula is C14H21ClN2O3S2. The molecule has 1 aromatic heterocycles. The van der Waals surface area contributed by atoms with Crippen LogP contribution in [-0.4, -0.2) is 49.7 Å². The van der Waals surface area contributed by atoms with Crippen molar-refractivity contribution < 1.29 is 13.2 Å². The minimum atomic E-state index is -3.50. The Morgan fingerprint density at radius 3 is 2.68 bits per heavy atom. The lowest BCUT2D eigenvalue weighted by molar-refractivity contribution is -0.131. The molecule has 22 heavy (non-hydrogen) atoms. The van der Waals surface area contributed by atoms with E-state index in [0.29, 0.717) is 43.4 Å². The highest BCUT2D eigenvalue weighted by Gasteiger charge is 2.29. The highest BCUT2D eigenvalue weighted by Crippen LogP contribution is 2.28. The average molecular weight is 365 g/mol. The second kappa shape index (κ2) is 7.77. The lowest BCUT2D eigenvalue weighted by Gasteiger charge is -2.21. The van der Waals surface area contributed by atoms with Crippen molar-refractivity contribution >= 4 is 38.9 Å². The summed E-state index contributed by atoms with van der Waals surface area (Å²) >= 11 is 6.90. The van der Waals surface area contributed by atoms with Crippen molar-refractivity contribution in [2.75, 3.05) is 26.2 Å². The molecule has 0 spiro atoms. The topological polar surface area (TPSA) is 57.7 Å². The second-order valence-electron chi connectivity index (χ2n) is 5.30. The third kappa shape index (κ3) is 4.22. The number of unbranched alkanes of at least 4 members (excludes halogenated alkanes) is 1. The van der Waals surface area contributed by atoms with Crippen LogP contribution in [0.25, 0.3) is 0 Å². The number of rotatable bonds is 5. The number of hydrogen-bond acceptors (Lipinski definition) is 4. The minimum Gasteiger partial charge on any atom is -0.341 e. The maximum Gasteiger partial charge on any atom is 0.252 e. The van der Waals surface area contributed by atoms with Gasteiger partial charge in [-0.05, 0) is 25.0 Å². The summed E-state index contributed by atoms with van der Waals surface area (Å²) in [7, 11) is -3.50. The second-order valence-corrected chi connectivity index (χ2v) is 9.18. The van der Waals surface area contributed by atoms with Gasteiger partial charge < -0.3 is 4.90 Å². The highest BCUT2D eigenvalue weighted by molar-refractivity contribution is 7.91. The number of sulfonamides is 1. The third-order valence-corrected chi connectivity index (χ3v) is 7.29. The Balaban J connectivity index is 2.02. The number of amides is 1. The van der Waals surface area contributed by atoms with E-state index in [9.17, 15) is 13.2 Å². The molecule has 2 rings (SSSR count). The van der Waals surface area contributed by atoms with E-state index in [1.54, 1.807) is 11.0 Å². The molecule has 1 fully saturated rings. The number of thiophene rings is 1. The van der Waals surface area contributed by atoms with Gasteiger partial charge >= 0.3 is 0 Å². The molecule has 0 bridgehead atoms. The standard InChI is InChI=1S/C14H21ClN2O3S2/c1-2-3-5-13(18)16-8-4-9-17(11-10-16)22(19,20)14-7-6-12(15)21-14/h6-7H,2-5,8-11H2,1H3. The van der Waals surface area contributed by atoms with Crippen LogP contribution in [0.1, 0.15) is 32.6 Å². The van der Waals surface area contributed by atoms with Crippen LogP contribution < -0.4 is 0 Å². The Labute approximate surface area is 140 Å². The van der Waals surface area contributed by atoms with Crippen molar-refractivity contribution in [3.05, 3.63) is 16.5 Å². The fraction of sp³-hybridized carbons (Fsp3) is 0.643. The Bertz CT molecular complexity index is 615. The molecule has 0 radical (unpaired) electrons. The molecule has 0 aliphatic carbocycles. The van der Waals surface area contributed by atoms with Crippen molar-refractivity contribution in [2.45, 2.75) is 36.8 Å². The molecule has 2 heterocycles. The predicted molar refractivity (Wildman–Crippen MR) is 88.8 cm³/mol. The zero-order valence-corrected chi connectivity index (χ0v) is 15.0. The SMILES string of the molecule is CCCCC(=O)N1CCCN(S(=O)(=O)c2ccc(Cl)s2)CC1. The summed E-state index contributed by atoms with van der Waals surface area (Å²) in [4.78, 5) is 13.9. The number of carbonyl (C=O) groups is 1. The molecule has 1 aromatic rings. The van der Waals surface area contributed by atoms with E-state index in [2.05, 4.69) is 6.92 Å². The molecule has 8 heteroatoms. The highest BCUT2D eigenvalue weighted by atomic mass is 35.5. The van der Waals surface area contributed by atoms with Crippen molar-refractivity contribution in [3.63, 3.8) is 0 Å². The van der Waals surface area contributed by atoms with Gasteiger partial charge in [0.2, 0.25) is 5.91 Å². The monoisotopic (exact) mass is 364 g/mol. The fourth-order valence-electron chi connectivity index (χ4n) is 2.43. The molecule has 124 valence electrons. The van der Waals surface area contributed by atoms with Crippen LogP contribution in [0.5, 0.6) is 0 Å². The van der Waals surface area contributed by atoms with E-state index in [-0.39, 0.29) is 10.1 Å². The zero-order chi connectivity index (χ0) is 16.2. The first-order valence-electron chi connectivity index (χ1n) is 7.48. The van der Waals surface area contributed by atoms with Crippen LogP contribution in [0, 0.1) is 0 Å². The Kier molecular flexibility index (Phi) is 6.26. The average Bonchev–Trinajstić information content (AvgIpc) is 2.77. The first-order valence-corrected chi connectivity index (χ1v) is 10.1. The van der Waals surface area contributed by atoms with Gasteiger partial charge in [-0.3, -0.25) is 4.79 Å². The van der Waals surface area contributed by atoms with E-state index >= 15 is 0 Å². The van der Waals surface area contributed by atoms with Crippen LogP contribution in [0.15, 0.2) is 16.3 Å². The molecule has 1 saturated heterocycles. The smallest absolute Gasteiger partial charge is 0.252 e. The lowest BCUT2D eigenvalue weighted by atomic mass is 10.2. The van der Waals surface area contributed by atoms with E-state index in [1.807, 2.05) is 0 Å². The van der Waals surface area contributed by atoms with Crippen LogP contribution >= 0.6 is 22.9 Å². The van der Waals surface area contributed by atoms with Crippen molar-refractivity contribution in [3.8, 4) is 0 Å². The van der Waals surface area contributed by atoms with Crippen molar-refractivity contribution in [1.82, 2.24) is 9.21 Å². The van der Waals surface area contributed by atoms with Gasteiger partial charge in [0.05, 0.1) is 4.34 Å². The summed E-state index contributed by atoms with van der Waals surface area (Å²) in [6.07, 6.45) is 3.07. The molecule has 1 aliphatic rings. The van der Waals surface area contributed by atoms with Gasteiger partial charge in [-0.25, -0.2) is 8.42 Å². The maximum absolute atomic E-state index is 12.6. The predicted octanol–water partition coefficient (Wildman–Crippen LogP) is 2.81. The molecule has 0 unspecified atom stereocenters. The molecule has 0 saturated carbocycles. The van der Waals surface area contributed by atoms with Gasteiger partial charge in [-0.15, -0.1) is 11.3 Å². The van der Waals surface area contributed by atoms with Crippen molar-refractivity contribution in [1.29, 1.82) is 0 Å². The molecule has 0 atom stereocenters. The summed E-state index contributed by atoms with van der Waals surface area (Å²) < 4.78 is 27.3. The van der Waals surface area contributed by atoms with Gasteiger partial charge in [0, 0.05) is 32.6 Å². The molecule has 0 aromatic carbocycles. The van der Waals surface area contributed by atoms with Crippen LogP contribution in [0.4, 0.5) is 0 Å².